The first-order valence-corrected chi connectivity index (χ1v) is 9.44. The molecule has 1 amide bonds. The number of nitrogens with zero attached hydrogens (tertiary/aromatic N) is 3. The Labute approximate surface area is 156 Å². The maximum atomic E-state index is 12.3. The summed E-state index contributed by atoms with van der Waals surface area (Å²) in [5, 5.41) is 10.3. The minimum Gasteiger partial charge on any atom is -0.463 e. The van der Waals surface area contributed by atoms with Gasteiger partial charge in [-0.3, -0.25) is 4.79 Å². The van der Waals surface area contributed by atoms with E-state index in [2.05, 4.69) is 22.3 Å². The molecule has 0 aliphatic carbocycles. The van der Waals surface area contributed by atoms with Gasteiger partial charge in [0.15, 0.2) is 6.10 Å². The van der Waals surface area contributed by atoms with Gasteiger partial charge in [0, 0.05) is 17.1 Å². The molecular weight excluding hydrogens is 348 g/mol. The van der Waals surface area contributed by atoms with Crippen molar-refractivity contribution in [1.82, 2.24) is 20.1 Å². The van der Waals surface area contributed by atoms with E-state index in [0.29, 0.717) is 12.4 Å². The van der Waals surface area contributed by atoms with E-state index in [1.165, 1.54) is 0 Å². The molecule has 0 aliphatic heterocycles. The van der Waals surface area contributed by atoms with Crippen molar-refractivity contribution < 1.29 is 9.53 Å². The highest BCUT2D eigenvalue weighted by molar-refractivity contribution is 7.09. The van der Waals surface area contributed by atoms with Gasteiger partial charge >= 0.3 is 0 Å². The van der Waals surface area contributed by atoms with Gasteiger partial charge < -0.3 is 10.1 Å². The van der Waals surface area contributed by atoms with E-state index in [1.807, 2.05) is 48.8 Å². The lowest BCUT2D eigenvalue weighted by Gasteiger charge is -2.13. The lowest BCUT2D eigenvalue weighted by Crippen LogP contribution is -2.36. The van der Waals surface area contributed by atoms with Gasteiger partial charge in [0.05, 0.1) is 22.9 Å². The summed E-state index contributed by atoms with van der Waals surface area (Å²) < 4.78 is 7.51. The average Bonchev–Trinajstić information content (AvgIpc) is 3.27. The van der Waals surface area contributed by atoms with E-state index in [-0.39, 0.29) is 5.91 Å². The predicted molar refractivity (Wildman–Crippen MR) is 102 cm³/mol. The Hall–Kier alpha value is -2.67. The largest absolute Gasteiger partial charge is 0.463 e. The molecular formula is C19H22N4O2S. The van der Waals surface area contributed by atoms with E-state index < -0.39 is 6.10 Å². The molecule has 136 valence electrons. The zero-order chi connectivity index (χ0) is 18.5. The third kappa shape index (κ3) is 4.29. The summed E-state index contributed by atoms with van der Waals surface area (Å²) in [7, 11) is 0. The monoisotopic (exact) mass is 370 g/mol. The lowest BCUT2D eigenvalue weighted by molar-refractivity contribution is -0.127. The number of ether oxygens (including phenoxy) is 1. The van der Waals surface area contributed by atoms with Crippen LogP contribution in [-0.4, -0.2) is 26.8 Å². The maximum Gasteiger partial charge on any atom is 0.261 e. The smallest absolute Gasteiger partial charge is 0.261 e. The molecule has 0 unspecified atom stereocenters. The predicted octanol–water partition coefficient (Wildman–Crippen LogP) is 3.28. The SMILES string of the molecule is CCc1nc(CNC(=O)[C@H](C)Oc2nn(-c3ccccc3)cc2C)cs1. The van der Waals surface area contributed by atoms with Crippen molar-refractivity contribution in [2.24, 2.45) is 0 Å². The van der Waals surface area contributed by atoms with Crippen molar-refractivity contribution in [2.75, 3.05) is 0 Å². The first-order valence-electron chi connectivity index (χ1n) is 8.56. The summed E-state index contributed by atoms with van der Waals surface area (Å²) in [5.74, 6) is 0.267. The molecule has 2 heterocycles. The van der Waals surface area contributed by atoms with Crippen LogP contribution in [0.5, 0.6) is 5.88 Å². The van der Waals surface area contributed by atoms with E-state index in [1.54, 1.807) is 22.9 Å². The molecule has 1 aromatic carbocycles. The first kappa shape index (κ1) is 18.1. The van der Waals surface area contributed by atoms with E-state index in [0.717, 1.165) is 28.4 Å². The second kappa shape index (κ2) is 8.14. The Bertz CT molecular complexity index is 873. The third-order valence-corrected chi connectivity index (χ3v) is 4.92. The number of carbonyl (C=O) groups is 1. The van der Waals surface area contributed by atoms with Crippen LogP contribution in [0.3, 0.4) is 0 Å². The highest BCUT2D eigenvalue weighted by atomic mass is 32.1. The highest BCUT2D eigenvalue weighted by Crippen LogP contribution is 2.19. The number of nitrogens with one attached hydrogen (secondary N) is 1. The molecule has 3 aromatic rings. The van der Waals surface area contributed by atoms with Gasteiger partial charge in [-0.2, -0.15) is 0 Å². The van der Waals surface area contributed by atoms with Gasteiger partial charge in [0.1, 0.15) is 0 Å². The number of rotatable bonds is 7. The fourth-order valence-electron chi connectivity index (χ4n) is 2.41. The second-order valence-corrected chi connectivity index (χ2v) is 6.90. The molecule has 0 spiro atoms. The number of thiazole rings is 1. The molecule has 0 saturated heterocycles. The van der Waals surface area contributed by atoms with Crippen molar-refractivity contribution in [1.29, 1.82) is 0 Å². The Morgan fingerprint density at radius 3 is 2.81 bits per heavy atom. The van der Waals surface area contributed by atoms with Crippen LogP contribution in [0.25, 0.3) is 5.69 Å². The number of amides is 1. The van der Waals surface area contributed by atoms with Crippen LogP contribution in [0.1, 0.15) is 30.1 Å². The molecule has 2 aromatic heterocycles. The van der Waals surface area contributed by atoms with Crippen LogP contribution >= 0.6 is 11.3 Å². The van der Waals surface area contributed by atoms with E-state index in [9.17, 15) is 4.79 Å². The molecule has 0 aliphatic rings. The van der Waals surface area contributed by atoms with Crippen LogP contribution in [0, 0.1) is 6.92 Å². The van der Waals surface area contributed by atoms with Crippen LogP contribution in [-0.2, 0) is 17.8 Å². The Morgan fingerprint density at radius 1 is 1.35 bits per heavy atom. The normalized spacial score (nSPS) is 12.0. The summed E-state index contributed by atoms with van der Waals surface area (Å²) in [6, 6.07) is 9.78. The van der Waals surface area contributed by atoms with Gasteiger partial charge in [-0.25, -0.2) is 9.67 Å². The zero-order valence-electron chi connectivity index (χ0n) is 15.1. The fourth-order valence-corrected chi connectivity index (χ4v) is 3.15. The molecule has 0 radical (unpaired) electrons. The summed E-state index contributed by atoms with van der Waals surface area (Å²) >= 11 is 1.61. The standard InChI is InChI=1S/C19H22N4O2S/c1-4-17-21-15(12-26-17)10-20-18(24)14(3)25-19-13(2)11-23(22-19)16-8-6-5-7-9-16/h5-9,11-12,14H,4,10H2,1-3H3,(H,20,24)/t14-/m0/s1. The van der Waals surface area contributed by atoms with Crippen LogP contribution in [0.2, 0.25) is 0 Å². The molecule has 1 N–H and O–H groups in total. The molecule has 6 nitrogen and oxygen atoms in total. The summed E-state index contributed by atoms with van der Waals surface area (Å²) in [4.78, 5) is 16.7. The van der Waals surface area contributed by atoms with Crippen molar-refractivity contribution in [3.63, 3.8) is 0 Å². The topological polar surface area (TPSA) is 69.0 Å². The number of aryl methyl sites for hydroxylation is 2. The minimum atomic E-state index is -0.642. The third-order valence-electron chi connectivity index (χ3n) is 3.88. The average molecular weight is 370 g/mol. The molecule has 0 saturated carbocycles. The van der Waals surface area contributed by atoms with Gasteiger partial charge in [0.2, 0.25) is 5.88 Å². The summed E-state index contributed by atoms with van der Waals surface area (Å²) in [5.41, 5.74) is 2.69. The first-order chi connectivity index (χ1) is 12.6. The van der Waals surface area contributed by atoms with Crippen molar-refractivity contribution in [3.05, 3.63) is 58.2 Å². The fraction of sp³-hybridized carbons (Fsp3) is 0.316. The Morgan fingerprint density at radius 2 is 2.12 bits per heavy atom. The van der Waals surface area contributed by atoms with Crippen LogP contribution < -0.4 is 10.1 Å². The zero-order valence-corrected chi connectivity index (χ0v) is 15.9. The number of hydrogen-bond acceptors (Lipinski definition) is 5. The van der Waals surface area contributed by atoms with Gasteiger partial charge in [-0.05, 0) is 32.4 Å². The molecule has 1 atom stereocenters. The summed E-state index contributed by atoms with van der Waals surface area (Å²) in [6.45, 7) is 6.09. The molecule has 0 fully saturated rings. The van der Waals surface area contributed by atoms with Gasteiger partial charge in [0.25, 0.3) is 5.91 Å². The maximum absolute atomic E-state index is 12.3. The molecule has 0 bridgehead atoms. The number of benzene rings is 1. The van der Waals surface area contributed by atoms with Crippen molar-refractivity contribution in [2.45, 2.75) is 39.8 Å². The second-order valence-electron chi connectivity index (χ2n) is 5.96. The number of hydrogen-bond donors (Lipinski definition) is 1. The molecule has 3 rings (SSSR count). The van der Waals surface area contributed by atoms with Gasteiger partial charge in [-0.15, -0.1) is 16.4 Å². The highest BCUT2D eigenvalue weighted by Gasteiger charge is 2.18. The van der Waals surface area contributed by atoms with Crippen LogP contribution in [0.4, 0.5) is 0 Å². The van der Waals surface area contributed by atoms with Crippen LogP contribution in [0.15, 0.2) is 41.9 Å². The van der Waals surface area contributed by atoms with E-state index >= 15 is 0 Å². The van der Waals surface area contributed by atoms with E-state index in [4.69, 9.17) is 4.74 Å². The molecule has 26 heavy (non-hydrogen) atoms. The minimum absolute atomic E-state index is 0.190. The Balaban J connectivity index is 1.59. The number of aromatic nitrogens is 3. The number of para-hydroxylation sites is 1. The van der Waals surface area contributed by atoms with Crippen molar-refractivity contribution in [3.8, 4) is 11.6 Å². The Kier molecular flexibility index (Phi) is 5.68. The summed E-state index contributed by atoms with van der Waals surface area (Å²) in [6.07, 6.45) is 2.15. The van der Waals surface area contributed by atoms with Crippen molar-refractivity contribution >= 4 is 17.2 Å². The molecule has 7 heteroatoms. The quantitative estimate of drug-likeness (QED) is 0.693. The number of carbonyl (C=O) groups excluding carboxylic acids is 1. The lowest BCUT2D eigenvalue weighted by atomic mass is 10.3. The van der Waals surface area contributed by atoms with Gasteiger partial charge in [-0.1, -0.05) is 25.1 Å².